The molecule has 20 heavy (non-hydrogen) atoms. The van der Waals surface area contributed by atoms with Gasteiger partial charge in [-0.05, 0) is 37.6 Å². The van der Waals surface area contributed by atoms with Crippen molar-refractivity contribution in [2.24, 2.45) is 11.7 Å². The zero-order chi connectivity index (χ0) is 14.4. The molecule has 3 N–H and O–H groups in total. The summed E-state index contributed by atoms with van der Waals surface area (Å²) in [5.74, 6) is 0.501. The molecule has 0 spiro atoms. The van der Waals surface area contributed by atoms with Crippen LogP contribution in [-0.4, -0.2) is 27.2 Å². The lowest BCUT2D eigenvalue weighted by Gasteiger charge is -2.13. The summed E-state index contributed by atoms with van der Waals surface area (Å²) >= 11 is 0. The molecule has 1 amide bonds. The highest BCUT2D eigenvalue weighted by molar-refractivity contribution is 5.93. The van der Waals surface area contributed by atoms with Gasteiger partial charge in [0.1, 0.15) is 0 Å². The number of nitrogens with zero attached hydrogens (tertiary/aromatic N) is 3. The van der Waals surface area contributed by atoms with E-state index in [2.05, 4.69) is 15.4 Å². The number of aromatic nitrogens is 3. The summed E-state index contributed by atoms with van der Waals surface area (Å²) in [7, 11) is 0. The maximum atomic E-state index is 12.1. The van der Waals surface area contributed by atoms with E-state index in [0.717, 1.165) is 12.8 Å². The second-order valence-corrected chi connectivity index (χ2v) is 4.65. The van der Waals surface area contributed by atoms with E-state index in [1.165, 1.54) is 0 Å². The molecule has 0 fully saturated rings. The lowest BCUT2D eigenvalue weighted by atomic mass is 10.0. The van der Waals surface area contributed by atoms with Crippen LogP contribution >= 0.6 is 0 Å². The average Bonchev–Trinajstić information content (AvgIpc) is 2.99. The SMILES string of the molecule is CC(CCCN)C(=O)Nc1cccnc1-n1cccn1. The van der Waals surface area contributed by atoms with Crippen molar-refractivity contribution in [2.45, 2.75) is 19.8 Å². The summed E-state index contributed by atoms with van der Waals surface area (Å²) in [6.45, 7) is 2.50. The van der Waals surface area contributed by atoms with Crippen molar-refractivity contribution in [1.82, 2.24) is 14.8 Å². The molecule has 1 atom stereocenters. The third kappa shape index (κ3) is 3.42. The van der Waals surface area contributed by atoms with Crippen LogP contribution in [-0.2, 0) is 4.79 Å². The predicted octanol–water partition coefficient (Wildman–Crippen LogP) is 1.58. The summed E-state index contributed by atoms with van der Waals surface area (Å²) in [5, 5.41) is 7.04. The normalized spacial score (nSPS) is 12.1. The summed E-state index contributed by atoms with van der Waals surface area (Å²) < 4.78 is 1.63. The highest BCUT2D eigenvalue weighted by atomic mass is 16.1. The third-order valence-corrected chi connectivity index (χ3v) is 3.05. The van der Waals surface area contributed by atoms with Gasteiger partial charge in [0.25, 0.3) is 0 Å². The molecule has 106 valence electrons. The smallest absolute Gasteiger partial charge is 0.227 e. The monoisotopic (exact) mass is 273 g/mol. The number of carbonyl (C=O) groups excluding carboxylic acids is 1. The molecular weight excluding hydrogens is 254 g/mol. The van der Waals surface area contributed by atoms with Crippen molar-refractivity contribution in [2.75, 3.05) is 11.9 Å². The van der Waals surface area contributed by atoms with Crippen molar-refractivity contribution < 1.29 is 4.79 Å². The lowest BCUT2D eigenvalue weighted by Crippen LogP contribution is -2.22. The minimum Gasteiger partial charge on any atom is -0.330 e. The molecule has 2 rings (SSSR count). The molecule has 6 nitrogen and oxygen atoms in total. The number of nitrogens with two attached hydrogens (primary N) is 1. The van der Waals surface area contributed by atoms with E-state index in [1.807, 2.05) is 19.1 Å². The molecule has 0 saturated carbocycles. The molecular formula is C14H19N5O. The van der Waals surface area contributed by atoms with Crippen LogP contribution < -0.4 is 11.1 Å². The number of carbonyl (C=O) groups is 1. The summed E-state index contributed by atoms with van der Waals surface area (Å²) in [4.78, 5) is 16.4. The van der Waals surface area contributed by atoms with Gasteiger partial charge in [-0.2, -0.15) is 5.10 Å². The highest BCUT2D eigenvalue weighted by Gasteiger charge is 2.15. The lowest BCUT2D eigenvalue weighted by molar-refractivity contribution is -0.119. The Morgan fingerprint density at radius 2 is 2.30 bits per heavy atom. The number of hydrogen-bond acceptors (Lipinski definition) is 4. The Kier molecular flexibility index (Phi) is 4.84. The Balaban J connectivity index is 2.12. The zero-order valence-electron chi connectivity index (χ0n) is 11.5. The minimum absolute atomic E-state index is 0.0279. The first-order valence-corrected chi connectivity index (χ1v) is 6.68. The Morgan fingerprint density at radius 1 is 1.45 bits per heavy atom. The number of anilines is 1. The Hall–Kier alpha value is -2.21. The van der Waals surface area contributed by atoms with Crippen molar-refractivity contribution >= 4 is 11.6 Å². The number of rotatable bonds is 6. The van der Waals surface area contributed by atoms with Gasteiger partial charge in [-0.15, -0.1) is 0 Å². The molecule has 0 aliphatic heterocycles. The summed E-state index contributed by atoms with van der Waals surface area (Å²) in [6, 6.07) is 5.41. The first kappa shape index (κ1) is 14.2. The second-order valence-electron chi connectivity index (χ2n) is 4.65. The Morgan fingerprint density at radius 3 is 3.00 bits per heavy atom. The molecule has 0 aliphatic rings. The van der Waals surface area contributed by atoms with Gasteiger partial charge in [-0.25, -0.2) is 9.67 Å². The van der Waals surface area contributed by atoms with Crippen molar-refractivity contribution in [3.05, 3.63) is 36.8 Å². The molecule has 1 unspecified atom stereocenters. The summed E-state index contributed by atoms with van der Waals surface area (Å²) in [5.41, 5.74) is 6.12. The van der Waals surface area contributed by atoms with Crippen LogP contribution in [0.4, 0.5) is 5.69 Å². The van der Waals surface area contributed by atoms with Gasteiger partial charge in [-0.3, -0.25) is 4.79 Å². The van der Waals surface area contributed by atoms with Gasteiger partial charge in [0, 0.05) is 24.5 Å². The van der Waals surface area contributed by atoms with Crippen molar-refractivity contribution in [3.8, 4) is 5.82 Å². The van der Waals surface area contributed by atoms with E-state index in [9.17, 15) is 4.79 Å². The van der Waals surface area contributed by atoms with Crippen LogP contribution in [0, 0.1) is 5.92 Å². The van der Waals surface area contributed by atoms with Gasteiger partial charge >= 0.3 is 0 Å². The van der Waals surface area contributed by atoms with Gasteiger partial charge in [0.2, 0.25) is 5.91 Å². The van der Waals surface area contributed by atoms with Gasteiger partial charge in [-0.1, -0.05) is 6.92 Å². The molecule has 2 aromatic rings. The third-order valence-electron chi connectivity index (χ3n) is 3.05. The topological polar surface area (TPSA) is 85.8 Å². The fourth-order valence-corrected chi connectivity index (χ4v) is 1.88. The number of pyridine rings is 1. The largest absolute Gasteiger partial charge is 0.330 e. The molecule has 0 saturated heterocycles. The van der Waals surface area contributed by atoms with Gasteiger partial charge < -0.3 is 11.1 Å². The maximum absolute atomic E-state index is 12.1. The standard InChI is InChI=1S/C14H19N5O/c1-11(5-2-7-15)14(20)18-12-6-3-8-16-13(12)19-10-4-9-17-19/h3-4,6,8-11H,2,5,7,15H2,1H3,(H,18,20). The van der Waals surface area contributed by atoms with Crippen LogP contribution in [0.25, 0.3) is 5.82 Å². The van der Waals surface area contributed by atoms with Gasteiger partial charge in [0.15, 0.2) is 5.82 Å². The number of amides is 1. The molecule has 2 aromatic heterocycles. The van der Waals surface area contributed by atoms with Crippen LogP contribution in [0.15, 0.2) is 36.8 Å². The molecule has 0 aliphatic carbocycles. The van der Waals surface area contributed by atoms with Crippen LogP contribution in [0.2, 0.25) is 0 Å². The molecule has 2 heterocycles. The zero-order valence-corrected chi connectivity index (χ0v) is 11.5. The van der Waals surface area contributed by atoms with Crippen molar-refractivity contribution in [1.29, 1.82) is 0 Å². The molecule has 0 bridgehead atoms. The van der Waals surface area contributed by atoms with Crippen LogP contribution in [0.1, 0.15) is 19.8 Å². The predicted molar refractivity (Wildman–Crippen MR) is 77.4 cm³/mol. The van der Waals surface area contributed by atoms with E-state index >= 15 is 0 Å². The highest BCUT2D eigenvalue weighted by Crippen LogP contribution is 2.18. The van der Waals surface area contributed by atoms with E-state index in [1.54, 1.807) is 29.3 Å². The number of nitrogens with one attached hydrogen (secondary N) is 1. The van der Waals surface area contributed by atoms with E-state index in [-0.39, 0.29) is 11.8 Å². The Bertz CT molecular complexity index is 552. The number of hydrogen-bond donors (Lipinski definition) is 2. The Labute approximate surface area is 118 Å². The first-order valence-electron chi connectivity index (χ1n) is 6.68. The van der Waals surface area contributed by atoms with E-state index in [0.29, 0.717) is 18.1 Å². The van der Waals surface area contributed by atoms with Gasteiger partial charge in [0.05, 0.1) is 5.69 Å². The fraction of sp³-hybridized carbons (Fsp3) is 0.357. The first-order chi connectivity index (χ1) is 9.72. The molecule has 0 radical (unpaired) electrons. The fourth-order valence-electron chi connectivity index (χ4n) is 1.88. The maximum Gasteiger partial charge on any atom is 0.227 e. The van der Waals surface area contributed by atoms with Crippen LogP contribution in [0.3, 0.4) is 0 Å². The minimum atomic E-state index is -0.0794. The van der Waals surface area contributed by atoms with Crippen LogP contribution in [0.5, 0.6) is 0 Å². The second kappa shape index (κ2) is 6.81. The quantitative estimate of drug-likeness (QED) is 0.836. The average molecular weight is 273 g/mol. The summed E-state index contributed by atoms with van der Waals surface area (Å²) in [6.07, 6.45) is 6.75. The van der Waals surface area contributed by atoms with E-state index in [4.69, 9.17) is 5.73 Å². The van der Waals surface area contributed by atoms with E-state index < -0.39 is 0 Å². The van der Waals surface area contributed by atoms with Crippen molar-refractivity contribution in [3.63, 3.8) is 0 Å². The molecule has 0 aromatic carbocycles. The molecule has 6 heteroatoms.